The molecule has 2 N–H and O–H groups in total. The summed E-state index contributed by atoms with van der Waals surface area (Å²) in [4.78, 5) is 24.9. The second-order valence-electron chi connectivity index (χ2n) is 8.41. The number of rotatable bonds is 8. The molecule has 3 aromatic rings. The molecular formula is C26H27N3O4S. The molecule has 34 heavy (non-hydrogen) atoms. The first-order valence-corrected chi connectivity index (χ1v) is 12.6. The van der Waals surface area contributed by atoms with Crippen LogP contribution >= 0.6 is 0 Å². The normalized spacial score (nSPS) is 15.5. The number of fused-ring (bicyclic) bond motifs is 1. The van der Waals surface area contributed by atoms with Crippen molar-refractivity contribution in [3.8, 4) is 0 Å². The summed E-state index contributed by atoms with van der Waals surface area (Å²) < 4.78 is 27.0. The summed E-state index contributed by atoms with van der Waals surface area (Å²) in [7, 11) is -2.12. The Balaban J connectivity index is 1.32. The number of para-hydroxylation sites is 1. The fourth-order valence-electron chi connectivity index (χ4n) is 3.99. The lowest BCUT2D eigenvalue weighted by Gasteiger charge is -2.24. The van der Waals surface area contributed by atoms with Crippen LogP contribution in [0.25, 0.3) is 0 Å². The molecule has 1 aliphatic heterocycles. The second-order valence-corrected chi connectivity index (χ2v) is 10.5. The average molecular weight is 478 g/mol. The number of carbonyl (C=O) groups excluding carboxylic acids is 2. The number of anilines is 2. The number of benzene rings is 3. The summed E-state index contributed by atoms with van der Waals surface area (Å²) in [6.07, 6.45) is 1.24. The third-order valence-electron chi connectivity index (χ3n) is 5.93. The maximum absolute atomic E-state index is 12.9. The van der Waals surface area contributed by atoms with E-state index < -0.39 is 10.0 Å². The van der Waals surface area contributed by atoms with Crippen LogP contribution in [0.1, 0.15) is 24.0 Å². The summed E-state index contributed by atoms with van der Waals surface area (Å²) in [5, 5.41) is 5.68. The third-order valence-corrected chi connectivity index (χ3v) is 7.74. The van der Waals surface area contributed by atoms with E-state index in [0.717, 1.165) is 16.8 Å². The van der Waals surface area contributed by atoms with Gasteiger partial charge in [0, 0.05) is 37.3 Å². The number of nitrogens with one attached hydrogen (secondary N) is 2. The van der Waals surface area contributed by atoms with Crippen LogP contribution in [0, 0.1) is 5.92 Å². The molecule has 1 heterocycles. The Bertz CT molecular complexity index is 1270. The minimum atomic E-state index is -3.66. The Morgan fingerprint density at radius 2 is 1.68 bits per heavy atom. The number of amides is 2. The minimum Gasteiger partial charge on any atom is -0.326 e. The van der Waals surface area contributed by atoms with Gasteiger partial charge in [0.1, 0.15) is 0 Å². The summed E-state index contributed by atoms with van der Waals surface area (Å²) in [6.45, 7) is 0.265. The Morgan fingerprint density at radius 1 is 1.00 bits per heavy atom. The molecule has 4 rings (SSSR count). The number of nitrogens with zero attached hydrogens (tertiary/aromatic N) is 1. The lowest BCUT2D eigenvalue weighted by molar-refractivity contribution is -0.121. The van der Waals surface area contributed by atoms with Crippen molar-refractivity contribution < 1.29 is 18.0 Å². The van der Waals surface area contributed by atoms with Crippen molar-refractivity contribution >= 4 is 33.2 Å². The molecule has 0 spiro atoms. The predicted octanol–water partition coefficient (Wildman–Crippen LogP) is 4.04. The van der Waals surface area contributed by atoms with E-state index in [0.29, 0.717) is 18.5 Å². The van der Waals surface area contributed by atoms with Crippen LogP contribution in [0.2, 0.25) is 0 Å². The van der Waals surface area contributed by atoms with Gasteiger partial charge in [-0.25, -0.2) is 8.42 Å². The maximum Gasteiger partial charge on any atom is 0.243 e. The molecule has 1 atom stereocenters. The van der Waals surface area contributed by atoms with Gasteiger partial charge in [0.05, 0.1) is 4.90 Å². The smallest absolute Gasteiger partial charge is 0.243 e. The summed E-state index contributed by atoms with van der Waals surface area (Å²) in [6, 6.07) is 23.2. The number of hydrogen-bond donors (Lipinski definition) is 2. The van der Waals surface area contributed by atoms with Crippen LogP contribution in [0.3, 0.4) is 0 Å². The second kappa shape index (κ2) is 10.2. The van der Waals surface area contributed by atoms with E-state index in [1.807, 2.05) is 54.6 Å². The molecule has 7 nitrogen and oxygen atoms in total. The van der Waals surface area contributed by atoms with E-state index in [9.17, 15) is 18.0 Å². The fraction of sp³-hybridized carbons (Fsp3) is 0.231. The van der Waals surface area contributed by atoms with Crippen molar-refractivity contribution in [2.75, 3.05) is 17.7 Å². The molecule has 0 aromatic heterocycles. The average Bonchev–Trinajstić information content (AvgIpc) is 2.83. The zero-order valence-electron chi connectivity index (χ0n) is 18.9. The lowest BCUT2D eigenvalue weighted by Crippen LogP contribution is -2.30. The van der Waals surface area contributed by atoms with Crippen LogP contribution in [0.5, 0.6) is 0 Å². The maximum atomic E-state index is 12.9. The molecule has 2 amide bonds. The van der Waals surface area contributed by atoms with Crippen molar-refractivity contribution in [2.45, 2.75) is 30.7 Å². The molecule has 0 radical (unpaired) electrons. The van der Waals surface area contributed by atoms with E-state index >= 15 is 0 Å². The Labute approximate surface area is 199 Å². The highest BCUT2D eigenvalue weighted by Gasteiger charge is 2.26. The monoisotopic (exact) mass is 477 g/mol. The van der Waals surface area contributed by atoms with Crippen LogP contribution in [0.4, 0.5) is 11.4 Å². The quantitative estimate of drug-likeness (QED) is 0.512. The van der Waals surface area contributed by atoms with Gasteiger partial charge in [0.2, 0.25) is 21.8 Å². The van der Waals surface area contributed by atoms with Gasteiger partial charge in [-0.3, -0.25) is 9.59 Å². The largest absolute Gasteiger partial charge is 0.326 e. The zero-order chi connectivity index (χ0) is 24.1. The van der Waals surface area contributed by atoms with Gasteiger partial charge in [-0.2, -0.15) is 4.31 Å². The number of hydrogen-bond acceptors (Lipinski definition) is 4. The van der Waals surface area contributed by atoms with Crippen molar-refractivity contribution in [1.82, 2.24) is 4.31 Å². The van der Waals surface area contributed by atoms with Crippen molar-refractivity contribution in [3.05, 3.63) is 90.0 Å². The Hall–Kier alpha value is -3.49. The van der Waals surface area contributed by atoms with Gasteiger partial charge in [-0.05, 0) is 54.3 Å². The molecule has 8 heteroatoms. The molecule has 0 unspecified atom stereocenters. The molecule has 0 saturated carbocycles. The van der Waals surface area contributed by atoms with Crippen LogP contribution < -0.4 is 10.6 Å². The summed E-state index contributed by atoms with van der Waals surface area (Å²) in [5.74, 6) is -0.544. The van der Waals surface area contributed by atoms with Crippen molar-refractivity contribution in [3.63, 3.8) is 0 Å². The van der Waals surface area contributed by atoms with E-state index in [1.54, 1.807) is 12.1 Å². The van der Waals surface area contributed by atoms with E-state index in [2.05, 4.69) is 10.6 Å². The first-order chi connectivity index (χ1) is 16.3. The lowest BCUT2D eigenvalue weighted by atomic mass is 9.89. The van der Waals surface area contributed by atoms with E-state index in [-0.39, 0.29) is 35.6 Å². The van der Waals surface area contributed by atoms with Gasteiger partial charge in [-0.1, -0.05) is 48.5 Å². The Kier molecular flexibility index (Phi) is 7.09. The summed E-state index contributed by atoms with van der Waals surface area (Å²) >= 11 is 0. The Morgan fingerprint density at radius 3 is 2.41 bits per heavy atom. The highest BCUT2D eigenvalue weighted by molar-refractivity contribution is 7.89. The molecule has 1 aliphatic rings. The minimum absolute atomic E-state index is 0.0688. The van der Waals surface area contributed by atoms with Crippen molar-refractivity contribution in [2.24, 2.45) is 5.92 Å². The predicted molar refractivity (Wildman–Crippen MR) is 132 cm³/mol. The van der Waals surface area contributed by atoms with Crippen LogP contribution in [0.15, 0.2) is 83.8 Å². The number of carbonyl (C=O) groups is 2. The van der Waals surface area contributed by atoms with Crippen LogP contribution in [-0.4, -0.2) is 31.6 Å². The fourth-order valence-corrected chi connectivity index (χ4v) is 5.15. The molecule has 0 fully saturated rings. The highest BCUT2D eigenvalue weighted by atomic mass is 32.2. The third kappa shape index (κ3) is 5.52. The molecule has 0 saturated heterocycles. The van der Waals surface area contributed by atoms with E-state index in [1.165, 1.54) is 23.5 Å². The topological polar surface area (TPSA) is 95.6 Å². The zero-order valence-corrected chi connectivity index (χ0v) is 19.7. The van der Waals surface area contributed by atoms with Crippen LogP contribution in [-0.2, 0) is 32.6 Å². The molecule has 0 aliphatic carbocycles. The first-order valence-electron chi connectivity index (χ1n) is 11.1. The van der Waals surface area contributed by atoms with Gasteiger partial charge >= 0.3 is 0 Å². The molecule has 0 bridgehead atoms. The van der Waals surface area contributed by atoms with Gasteiger partial charge in [-0.15, -0.1) is 0 Å². The highest BCUT2D eigenvalue weighted by Crippen LogP contribution is 2.27. The van der Waals surface area contributed by atoms with E-state index in [4.69, 9.17) is 0 Å². The van der Waals surface area contributed by atoms with Crippen molar-refractivity contribution in [1.29, 1.82) is 0 Å². The standard InChI is InChI=1S/C26H27N3O4S/c1-29(18-19-7-3-2-4-8-19)34(32,33)23-14-12-22(13-15-23)27-25(30)16-11-21-17-20-9-5-6-10-24(20)28-26(21)31/h2-10,12-15,21H,11,16-18H2,1H3,(H,27,30)(H,28,31)/t21-/m0/s1. The summed E-state index contributed by atoms with van der Waals surface area (Å²) in [5.41, 5.74) is 3.31. The SMILES string of the molecule is CN(Cc1ccccc1)S(=O)(=O)c1ccc(NC(=O)CC[C@H]2Cc3ccccc3NC2=O)cc1. The molecule has 176 valence electrons. The first kappa shape index (κ1) is 23.7. The van der Waals surface area contributed by atoms with Gasteiger partial charge in [0.25, 0.3) is 0 Å². The molecular weight excluding hydrogens is 450 g/mol. The van der Waals surface area contributed by atoms with Gasteiger partial charge < -0.3 is 10.6 Å². The number of sulfonamides is 1. The molecule has 3 aromatic carbocycles. The van der Waals surface area contributed by atoms with Gasteiger partial charge in [0.15, 0.2) is 0 Å².